The summed E-state index contributed by atoms with van der Waals surface area (Å²) in [5, 5.41) is 14.6. The molecule has 0 spiro atoms. The number of nitrogens with one attached hydrogen (secondary N) is 2. The van der Waals surface area contributed by atoms with Gasteiger partial charge in [-0.1, -0.05) is 0 Å². The van der Waals surface area contributed by atoms with Gasteiger partial charge >= 0.3 is 0 Å². The van der Waals surface area contributed by atoms with Crippen molar-refractivity contribution in [3.05, 3.63) is 34.4 Å². The van der Waals surface area contributed by atoms with E-state index in [2.05, 4.69) is 27.5 Å². The van der Waals surface area contributed by atoms with E-state index in [1.165, 1.54) is 16.8 Å². The maximum Gasteiger partial charge on any atom is 0.220 e. The third-order valence-corrected chi connectivity index (χ3v) is 4.64. The average Bonchev–Trinajstić information content (AvgIpc) is 3.02. The van der Waals surface area contributed by atoms with Gasteiger partial charge < -0.3 is 5.32 Å². The predicted molar refractivity (Wildman–Crippen MR) is 83.5 cm³/mol. The summed E-state index contributed by atoms with van der Waals surface area (Å²) in [6, 6.07) is 0.230. The van der Waals surface area contributed by atoms with Crippen LogP contribution in [0.1, 0.15) is 41.1 Å². The summed E-state index contributed by atoms with van der Waals surface area (Å²) >= 11 is 0. The van der Waals surface area contributed by atoms with Crippen LogP contribution in [-0.4, -0.2) is 31.9 Å². The fourth-order valence-corrected chi connectivity index (χ4v) is 3.26. The normalized spacial score (nSPS) is 17.3. The van der Waals surface area contributed by atoms with Gasteiger partial charge in [-0.05, 0) is 50.7 Å². The quantitative estimate of drug-likeness (QED) is 0.895. The number of hydrogen-bond acceptors (Lipinski definition) is 3. The lowest BCUT2D eigenvalue weighted by molar-refractivity contribution is -0.121. The molecule has 2 heterocycles. The molecular formula is C16H23N5O. The molecule has 2 aromatic rings. The van der Waals surface area contributed by atoms with Gasteiger partial charge in [0.05, 0.1) is 11.9 Å². The van der Waals surface area contributed by atoms with Crippen molar-refractivity contribution in [2.75, 3.05) is 0 Å². The van der Waals surface area contributed by atoms with Gasteiger partial charge in [0.15, 0.2) is 0 Å². The minimum Gasteiger partial charge on any atom is -0.353 e. The topological polar surface area (TPSA) is 75.6 Å². The highest BCUT2D eigenvalue weighted by Crippen LogP contribution is 2.19. The van der Waals surface area contributed by atoms with Gasteiger partial charge in [0.1, 0.15) is 0 Å². The smallest absolute Gasteiger partial charge is 0.220 e. The summed E-state index contributed by atoms with van der Waals surface area (Å²) in [5.74, 6) is 0.125. The number of carbonyl (C=O) groups is 1. The standard InChI is InChI=1S/C16H23N5O/c1-10-14(11(2)21(3)20-10)5-7-16(22)18-13-4-6-15-12(8-13)9-17-19-15/h9,13H,4-8H2,1-3H3,(H,17,19)(H,18,22)/t13-/m0/s1. The van der Waals surface area contributed by atoms with Crippen molar-refractivity contribution in [1.29, 1.82) is 0 Å². The molecule has 0 radical (unpaired) electrons. The van der Waals surface area contributed by atoms with Crippen molar-refractivity contribution in [2.45, 2.75) is 52.0 Å². The summed E-state index contributed by atoms with van der Waals surface area (Å²) in [5.41, 5.74) is 5.81. The van der Waals surface area contributed by atoms with Gasteiger partial charge in [-0.2, -0.15) is 10.2 Å². The summed E-state index contributed by atoms with van der Waals surface area (Å²) in [7, 11) is 1.94. The average molecular weight is 301 g/mol. The molecule has 0 saturated carbocycles. The van der Waals surface area contributed by atoms with Crippen LogP contribution in [0.4, 0.5) is 0 Å². The molecule has 118 valence electrons. The second-order valence-corrected chi connectivity index (χ2v) is 6.15. The molecule has 6 heteroatoms. The van der Waals surface area contributed by atoms with Crippen molar-refractivity contribution in [2.24, 2.45) is 7.05 Å². The van der Waals surface area contributed by atoms with Crippen LogP contribution in [-0.2, 0) is 31.1 Å². The Hall–Kier alpha value is -2.11. The summed E-state index contributed by atoms with van der Waals surface area (Å²) < 4.78 is 1.88. The summed E-state index contributed by atoms with van der Waals surface area (Å²) in [4.78, 5) is 12.2. The first kappa shape index (κ1) is 14.8. The van der Waals surface area contributed by atoms with Gasteiger partial charge in [0.2, 0.25) is 5.91 Å². The maximum absolute atomic E-state index is 12.2. The molecule has 0 bridgehead atoms. The molecule has 0 saturated heterocycles. The third kappa shape index (κ3) is 2.91. The molecule has 6 nitrogen and oxygen atoms in total. The number of aromatic amines is 1. The highest BCUT2D eigenvalue weighted by atomic mass is 16.1. The van der Waals surface area contributed by atoms with Crippen molar-refractivity contribution in [1.82, 2.24) is 25.3 Å². The first-order valence-corrected chi connectivity index (χ1v) is 7.84. The van der Waals surface area contributed by atoms with Crippen LogP contribution < -0.4 is 5.32 Å². The third-order valence-electron chi connectivity index (χ3n) is 4.64. The Morgan fingerprint density at radius 2 is 2.32 bits per heavy atom. The van der Waals surface area contributed by atoms with Crippen LogP contribution in [0.25, 0.3) is 0 Å². The van der Waals surface area contributed by atoms with Gasteiger partial charge in [-0.25, -0.2) is 0 Å². The predicted octanol–water partition coefficient (Wildman–Crippen LogP) is 1.37. The Balaban J connectivity index is 1.53. The van der Waals surface area contributed by atoms with E-state index in [4.69, 9.17) is 0 Å². The van der Waals surface area contributed by atoms with Gasteiger partial charge in [-0.3, -0.25) is 14.6 Å². The molecule has 2 N–H and O–H groups in total. The number of aromatic nitrogens is 4. The second-order valence-electron chi connectivity index (χ2n) is 6.15. The van der Waals surface area contributed by atoms with E-state index in [0.717, 1.165) is 37.1 Å². The van der Waals surface area contributed by atoms with Crippen LogP contribution in [0.15, 0.2) is 6.20 Å². The summed E-state index contributed by atoms with van der Waals surface area (Å²) in [6.45, 7) is 4.05. The molecule has 1 amide bonds. The number of amides is 1. The minimum atomic E-state index is 0.125. The molecule has 0 unspecified atom stereocenters. The molecule has 1 atom stereocenters. The highest BCUT2D eigenvalue weighted by Gasteiger charge is 2.21. The number of rotatable bonds is 4. The summed E-state index contributed by atoms with van der Waals surface area (Å²) in [6.07, 6.45) is 5.95. The van der Waals surface area contributed by atoms with E-state index >= 15 is 0 Å². The zero-order chi connectivity index (χ0) is 15.7. The van der Waals surface area contributed by atoms with Crippen LogP contribution in [0.2, 0.25) is 0 Å². The maximum atomic E-state index is 12.2. The number of H-pyrrole nitrogens is 1. The van der Waals surface area contributed by atoms with E-state index in [0.29, 0.717) is 6.42 Å². The number of hydrogen-bond donors (Lipinski definition) is 2. The SMILES string of the molecule is Cc1nn(C)c(C)c1CCC(=O)N[C@H]1CCc2[nH]ncc2C1. The zero-order valence-electron chi connectivity index (χ0n) is 13.4. The molecule has 1 aliphatic carbocycles. The number of nitrogens with zero attached hydrogens (tertiary/aromatic N) is 3. The van der Waals surface area contributed by atoms with Crippen molar-refractivity contribution >= 4 is 5.91 Å². The zero-order valence-corrected chi connectivity index (χ0v) is 13.4. The van der Waals surface area contributed by atoms with E-state index in [1.807, 2.05) is 24.9 Å². The van der Waals surface area contributed by atoms with E-state index < -0.39 is 0 Å². The van der Waals surface area contributed by atoms with E-state index in [-0.39, 0.29) is 11.9 Å². The van der Waals surface area contributed by atoms with Crippen LogP contribution in [0.3, 0.4) is 0 Å². The molecule has 22 heavy (non-hydrogen) atoms. The van der Waals surface area contributed by atoms with Gasteiger partial charge in [-0.15, -0.1) is 0 Å². The molecule has 0 fully saturated rings. The Labute approximate surface area is 130 Å². The minimum absolute atomic E-state index is 0.125. The first-order chi connectivity index (χ1) is 10.5. The van der Waals surface area contributed by atoms with Crippen LogP contribution in [0, 0.1) is 13.8 Å². The van der Waals surface area contributed by atoms with Crippen LogP contribution in [0.5, 0.6) is 0 Å². The number of aryl methyl sites for hydroxylation is 3. The first-order valence-electron chi connectivity index (χ1n) is 7.84. The van der Waals surface area contributed by atoms with Gasteiger partial charge in [0.25, 0.3) is 0 Å². The fraction of sp³-hybridized carbons (Fsp3) is 0.562. The fourth-order valence-electron chi connectivity index (χ4n) is 3.26. The lowest BCUT2D eigenvalue weighted by Gasteiger charge is -2.22. The lowest BCUT2D eigenvalue weighted by atomic mass is 9.93. The lowest BCUT2D eigenvalue weighted by Crippen LogP contribution is -2.38. The second kappa shape index (κ2) is 5.94. The van der Waals surface area contributed by atoms with E-state index in [9.17, 15) is 4.79 Å². The monoisotopic (exact) mass is 301 g/mol. The van der Waals surface area contributed by atoms with E-state index in [1.54, 1.807) is 0 Å². The molecule has 0 aromatic carbocycles. The molecular weight excluding hydrogens is 278 g/mol. The Morgan fingerprint density at radius 1 is 1.50 bits per heavy atom. The molecule has 1 aliphatic rings. The largest absolute Gasteiger partial charge is 0.353 e. The van der Waals surface area contributed by atoms with Gasteiger partial charge in [0, 0.05) is 30.9 Å². The number of carbonyl (C=O) groups excluding carboxylic acids is 1. The Morgan fingerprint density at radius 3 is 3.05 bits per heavy atom. The highest BCUT2D eigenvalue weighted by molar-refractivity contribution is 5.76. The molecule has 2 aromatic heterocycles. The number of fused-ring (bicyclic) bond motifs is 1. The molecule has 0 aliphatic heterocycles. The van der Waals surface area contributed by atoms with Crippen molar-refractivity contribution < 1.29 is 4.79 Å². The van der Waals surface area contributed by atoms with Crippen molar-refractivity contribution in [3.63, 3.8) is 0 Å². The molecule has 3 rings (SSSR count). The van der Waals surface area contributed by atoms with Crippen molar-refractivity contribution in [3.8, 4) is 0 Å². The van der Waals surface area contributed by atoms with Crippen LogP contribution >= 0.6 is 0 Å². The Kier molecular flexibility index (Phi) is 4.00. The Bertz CT molecular complexity index is 685.